The maximum absolute atomic E-state index is 13.4. The highest BCUT2D eigenvalue weighted by Gasteiger charge is 2.26. The molecular formula is C17H26F2N2. The highest BCUT2D eigenvalue weighted by Crippen LogP contribution is 2.19. The molecule has 2 rings (SSSR count). The molecule has 0 spiro atoms. The molecule has 0 saturated carbocycles. The minimum atomic E-state index is -0.489. The zero-order chi connectivity index (χ0) is 15.2. The van der Waals surface area contributed by atoms with Gasteiger partial charge in [0.2, 0.25) is 0 Å². The largest absolute Gasteiger partial charge is 0.311 e. The quantitative estimate of drug-likeness (QED) is 0.861. The predicted molar refractivity (Wildman–Crippen MR) is 82.2 cm³/mol. The van der Waals surface area contributed by atoms with Gasteiger partial charge in [-0.05, 0) is 30.5 Å². The van der Waals surface area contributed by atoms with Gasteiger partial charge in [0.25, 0.3) is 0 Å². The Balaban J connectivity index is 2.07. The molecule has 1 fully saturated rings. The lowest BCUT2D eigenvalue weighted by Gasteiger charge is -2.40. The number of nitrogens with zero attached hydrogens (tertiary/aromatic N) is 1. The van der Waals surface area contributed by atoms with Crippen LogP contribution in [0.25, 0.3) is 0 Å². The average Bonchev–Trinajstić information content (AvgIpc) is 2.41. The van der Waals surface area contributed by atoms with E-state index in [1.807, 2.05) is 0 Å². The molecule has 21 heavy (non-hydrogen) atoms. The van der Waals surface area contributed by atoms with Gasteiger partial charge in [-0.3, -0.25) is 4.90 Å². The molecule has 4 heteroatoms. The first-order valence-electron chi connectivity index (χ1n) is 8.04. The number of rotatable bonds is 6. The van der Waals surface area contributed by atoms with Crippen molar-refractivity contribution in [2.75, 3.05) is 13.1 Å². The van der Waals surface area contributed by atoms with Crippen LogP contribution in [0.4, 0.5) is 8.78 Å². The average molecular weight is 296 g/mol. The third-order valence-corrected chi connectivity index (χ3v) is 4.18. The third kappa shape index (κ3) is 4.75. The van der Waals surface area contributed by atoms with Crippen LogP contribution in [-0.2, 0) is 6.54 Å². The first kappa shape index (κ1) is 16.4. The zero-order valence-corrected chi connectivity index (χ0v) is 13.0. The topological polar surface area (TPSA) is 15.3 Å². The molecular weight excluding hydrogens is 270 g/mol. The number of benzene rings is 1. The molecule has 0 aromatic heterocycles. The van der Waals surface area contributed by atoms with Crippen LogP contribution in [0.15, 0.2) is 18.2 Å². The van der Waals surface area contributed by atoms with Crippen LogP contribution in [0.2, 0.25) is 0 Å². The van der Waals surface area contributed by atoms with Gasteiger partial charge < -0.3 is 5.32 Å². The van der Waals surface area contributed by atoms with E-state index >= 15 is 0 Å². The van der Waals surface area contributed by atoms with E-state index in [1.54, 1.807) is 0 Å². The Kier molecular flexibility index (Phi) is 6.12. The maximum Gasteiger partial charge on any atom is 0.126 e. The van der Waals surface area contributed by atoms with E-state index in [-0.39, 0.29) is 0 Å². The molecule has 1 aliphatic heterocycles. The van der Waals surface area contributed by atoms with Crippen molar-refractivity contribution in [2.24, 2.45) is 0 Å². The minimum absolute atomic E-state index is 0.453. The molecule has 2 unspecified atom stereocenters. The zero-order valence-electron chi connectivity index (χ0n) is 13.0. The van der Waals surface area contributed by atoms with Crippen molar-refractivity contribution in [1.29, 1.82) is 0 Å². The summed E-state index contributed by atoms with van der Waals surface area (Å²) in [6.07, 6.45) is 4.54. The van der Waals surface area contributed by atoms with Crippen molar-refractivity contribution in [2.45, 2.75) is 58.2 Å². The van der Waals surface area contributed by atoms with Crippen LogP contribution in [0.1, 0.15) is 45.1 Å². The second-order valence-electron chi connectivity index (χ2n) is 6.04. The number of hydrogen-bond acceptors (Lipinski definition) is 2. The van der Waals surface area contributed by atoms with E-state index in [0.717, 1.165) is 50.4 Å². The Bertz CT molecular complexity index is 430. The van der Waals surface area contributed by atoms with Crippen molar-refractivity contribution in [3.8, 4) is 0 Å². The van der Waals surface area contributed by atoms with Crippen LogP contribution in [0.3, 0.4) is 0 Å². The van der Waals surface area contributed by atoms with E-state index in [9.17, 15) is 8.78 Å². The van der Waals surface area contributed by atoms with E-state index in [4.69, 9.17) is 0 Å². The third-order valence-electron chi connectivity index (χ3n) is 4.18. The number of halogens is 2. The Morgan fingerprint density at radius 3 is 2.38 bits per heavy atom. The molecule has 1 heterocycles. The monoisotopic (exact) mass is 296 g/mol. The Morgan fingerprint density at radius 2 is 1.76 bits per heavy atom. The van der Waals surface area contributed by atoms with Crippen molar-refractivity contribution in [1.82, 2.24) is 10.2 Å². The summed E-state index contributed by atoms with van der Waals surface area (Å²) in [5.74, 6) is -0.977. The lowest BCUT2D eigenvalue weighted by molar-refractivity contribution is 0.111. The highest BCUT2D eigenvalue weighted by atomic mass is 19.1. The van der Waals surface area contributed by atoms with E-state index < -0.39 is 11.6 Å². The number of nitrogens with one attached hydrogen (secondary N) is 1. The summed E-state index contributed by atoms with van der Waals surface area (Å²) in [6, 6.07) is 4.77. The van der Waals surface area contributed by atoms with E-state index in [1.165, 1.54) is 12.1 Å². The summed E-state index contributed by atoms with van der Waals surface area (Å²) >= 11 is 0. The molecule has 0 bridgehead atoms. The van der Waals surface area contributed by atoms with Crippen molar-refractivity contribution in [3.05, 3.63) is 35.4 Å². The molecule has 1 aliphatic rings. The fraction of sp³-hybridized carbons (Fsp3) is 0.647. The van der Waals surface area contributed by atoms with Gasteiger partial charge in [0.15, 0.2) is 0 Å². The summed E-state index contributed by atoms with van der Waals surface area (Å²) in [5.41, 5.74) is 0.728. The molecule has 118 valence electrons. The summed E-state index contributed by atoms with van der Waals surface area (Å²) in [5, 5.41) is 3.60. The van der Waals surface area contributed by atoms with Crippen molar-refractivity contribution in [3.63, 3.8) is 0 Å². The summed E-state index contributed by atoms with van der Waals surface area (Å²) < 4.78 is 26.7. The second-order valence-corrected chi connectivity index (χ2v) is 6.04. The second kappa shape index (κ2) is 7.85. The fourth-order valence-corrected chi connectivity index (χ4v) is 3.22. The normalized spacial score (nSPS) is 23.4. The highest BCUT2D eigenvalue weighted by molar-refractivity contribution is 5.18. The Hall–Kier alpha value is -1.00. The minimum Gasteiger partial charge on any atom is -0.311 e. The predicted octanol–water partition coefficient (Wildman–Crippen LogP) is 3.71. The van der Waals surface area contributed by atoms with Gasteiger partial charge in [-0.25, -0.2) is 8.78 Å². The van der Waals surface area contributed by atoms with Gasteiger partial charge in [-0.2, -0.15) is 0 Å². The molecule has 2 atom stereocenters. The standard InChI is InChI=1S/C17H26F2N2/c1-3-5-16-12-21(17(6-4-2)10-20-16)11-13-7-14(18)9-15(19)8-13/h7-9,16-17,20H,3-6,10-12H2,1-2H3. The van der Waals surface area contributed by atoms with Crippen LogP contribution in [0.5, 0.6) is 0 Å². The van der Waals surface area contributed by atoms with Crippen LogP contribution in [0, 0.1) is 11.6 Å². The van der Waals surface area contributed by atoms with Crippen LogP contribution < -0.4 is 5.32 Å². The first-order chi connectivity index (χ1) is 10.1. The smallest absolute Gasteiger partial charge is 0.126 e. The van der Waals surface area contributed by atoms with E-state index in [2.05, 4.69) is 24.1 Å². The Morgan fingerprint density at radius 1 is 1.10 bits per heavy atom. The van der Waals surface area contributed by atoms with Gasteiger partial charge in [0.1, 0.15) is 11.6 Å². The van der Waals surface area contributed by atoms with E-state index in [0.29, 0.717) is 18.6 Å². The van der Waals surface area contributed by atoms with Crippen LogP contribution >= 0.6 is 0 Å². The molecule has 1 aromatic rings. The number of hydrogen-bond donors (Lipinski definition) is 1. The van der Waals surface area contributed by atoms with Crippen molar-refractivity contribution < 1.29 is 8.78 Å². The molecule has 2 nitrogen and oxygen atoms in total. The van der Waals surface area contributed by atoms with Gasteiger partial charge >= 0.3 is 0 Å². The molecule has 1 aromatic carbocycles. The van der Waals surface area contributed by atoms with Gasteiger partial charge in [0, 0.05) is 37.8 Å². The maximum atomic E-state index is 13.4. The molecule has 0 radical (unpaired) electrons. The summed E-state index contributed by atoms with van der Waals surface area (Å²) in [4.78, 5) is 2.38. The molecule has 0 aliphatic carbocycles. The van der Waals surface area contributed by atoms with Gasteiger partial charge in [-0.15, -0.1) is 0 Å². The molecule has 0 amide bonds. The molecule has 1 saturated heterocycles. The Labute approximate surface area is 126 Å². The SMILES string of the molecule is CCCC1CN(Cc2cc(F)cc(F)c2)C(CCC)CN1. The van der Waals surface area contributed by atoms with Gasteiger partial charge in [-0.1, -0.05) is 26.7 Å². The fourth-order valence-electron chi connectivity index (χ4n) is 3.22. The summed E-state index contributed by atoms with van der Waals surface area (Å²) in [7, 11) is 0. The lowest BCUT2D eigenvalue weighted by atomic mass is 10.0. The first-order valence-corrected chi connectivity index (χ1v) is 8.04. The lowest BCUT2D eigenvalue weighted by Crippen LogP contribution is -2.55. The van der Waals surface area contributed by atoms with Crippen molar-refractivity contribution >= 4 is 0 Å². The molecule has 1 N–H and O–H groups in total. The van der Waals surface area contributed by atoms with Gasteiger partial charge in [0.05, 0.1) is 0 Å². The van der Waals surface area contributed by atoms with Crippen LogP contribution in [-0.4, -0.2) is 30.1 Å². The summed E-state index contributed by atoms with van der Waals surface area (Å²) in [6.45, 7) is 6.92. The number of piperazine rings is 1.